The fourth-order valence-electron chi connectivity index (χ4n) is 2.88. The number of anilines is 2. The maximum atomic E-state index is 4.84. The van der Waals surface area contributed by atoms with Gasteiger partial charge in [0.2, 0.25) is 0 Å². The van der Waals surface area contributed by atoms with Crippen molar-refractivity contribution in [3.05, 3.63) is 11.9 Å². The van der Waals surface area contributed by atoms with Gasteiger partial charge in [0.1, 0.15) is 17.5 Å². The molecule has 3 rings (SSSR count). The molecule has 0 bridgehead atoms. The molecule has 110 valence electrons. The molecule has 2 heterocycles. The van der Waals surface area contributed by atoms with Gasteiger partial charge in [0, 0.05) is 31.6 Å². The molecule has 1 aromatic heterocycles. The molecular formula is C16H26N4. The van der Waals surface area contributed by atoms with Gasteiger partial charge < -0.3 is 10.2 Å². The van der Waals surface area contributed by atoms with Crippen molar-refractivity contribution >= 4 is 11.6 Å². The van der Waals surface area contributed by atoms with E-state index in [-0.39, 0.29) is 0 Å². The van der Waals surface area contributed by atoms with Crippen LogP contribution in [0.4, 0.5) is 11.6 Å². The summed E-state index contributed by atoms with van der Waals surface area (Å²) in [7, 11) is 0. The van der Waals surface area contributed by atoms with Gasteiger partial charge in [-0.05, 0) is 38.0 Å². The number of hydrogen-bond donors (Lipinski definition) is 1. The molecule has 0 aromatic carbocycles. The Labute approximate surface area is 122 Å². The van der Waals surface area contributed by atoms with Crippen LogP contribution in [0.2, 0.25) is 0 Å². The van der Waals surface area contributed by atoms with Crippen LogP contribution < -0.4 is 10.2 Å². The second-order valence-electron chi connectivity index (χ2n) is 6.46. The lowest BCUT2D eigenvalue weighted by Crippen LogP contribution is -2.39. The molecule has 4 heteroatoms. The van der Waals surface area contributed by atoms with Crippen LogP contribution in [0.1, 0.15) is 51.8 Å². The zero-order valence-corrected chi connectivity index (χ0v) is 12.9. The van der Waals surface area contributed by atoms with E-state index in [0.717, 1.165) is 48.9 Å². The molecule has 0 radical (unpaired) electrons. The molecule has 1 saturated heterocycles. The van der Waals surface area contributed by atoms with Crippen molar-refractivity contribution in [2.45, 2.75) is 46.0 Å². The molecule has 0 amide bonds. The number of piperidine rings is 1. The summed E-state index contributed by atoms with van der Waals surface area (Å²) < 4.78 is 0. The lowest BCUT2D eigenvalue weighted by molar-refractivity contribution is 0.322. The third kappa shape index (κ3) is 2.89. The Kier molecular flexibility index (Phi) is 3.81. The van der Waals surface area contributed by atoms with Crippen LogP contribution in [0.5, 0.6) is 0 Å². The third-order valence-electron chi connectivity index (χ3n) is 4.69. The predicted molar refractivity (Wildman–Crippen MR) is 83.3 cm³/mol. The van der Waals surface area contributed by atoms with E-state index in [2.05, 4.69) is 42.0 Å². The quantitative estimate of drug-likeness (QED) is 0.915. The van der Waals surface area contributed by atoms with Crippen molar-refractivity contribution in [1.82, 2.24) is 9.97 Å². The highest BCUT2D eigenvalue weighted by Gasteiger charge is 2.29. The van der Waals surface area contributed by atoms with E-state index < -0.39 is 0 Å². The van der Waals surface area contributed by atoms with Crippen LogP contribution >= 0.6 is 0 Å². The number of nitrogens with zero attached hydrogens (tertiary/aromatic N) is 3. The molecule has 0 spiro atoms. The Bertz CT molecular complexity index is 470. The van der Waals surface area contributed by atoms with Gasteiger partial charge in [0.15, 0.2) is 0 Å². The second-order valence-corrected chi connectivity index (χ2v) is 6.46. The Balaban J connectivity index is 1.83. The summed E-state index contributed by atoms with van der Waals surface area (Å²) in [6.07, 6.45) is 3.77. The van der Waals surface area contributed by atoms with Gasteiger partial charge in [-0.2, -0.15) is 0 Å². The van der Waals surface area contributed by atoms with E-state index in [1.807, 2.05) is 0 Å². The lowest BCUT2D eigenvalue weighted by atomic mass is 9.89. The Hall–Kier alpha value is -1.32. The lowest BCUT2D eigenvalue weighted by Gasteiger charge is -2.36. The SMILES string of the molecule is CCNc1cc(N2CCC(C)C(C)C2)nc(C2CC2)n1. The van der Waals surface area contributed by atoms with Crippen LogP contribution in [0.3, 0.4) is 0 Å². The molecular weight excluding hydrogens is 248 g/mol. The topological polar surface area (TPSA) is 41.0 Å². The molecule has 1 aliphatic carbocycles. The third-order valence-corrected chi connectivity index (χ3v) is 4.69. The highest BCUT2D eigenvalue weighted by atomic mass is 15.2. The minimum Gasteiger partial charge on any atom is -0.370 e. The fourth-order valence-corrected chi connectivity index (χ4v) is 2.88. The van der Waals surface area contributed by atoms with E-state index >= 15 is 0 Å². The first-order valence-corrected chi connectivity index (χ1v) is 8.05. The van der Waals surface area contributed by atoms with E-state index in [4.69, 9.17) is 4.98 Å². The van der Waals surface area contributed by atoms with Crippen molar-refractivity contribution in [2.75, 3.05) is 29.9 Å². The molecule has 2 unspecified atom stereocenters. The second kappa shape index (κ2) is 5.58. The standard InChI is InChI=1S/C16H26N4/c1-4-17-14-9-15(19-16(18-14)13-5-6-13)20-8-7-11(2)12(3)10-20/h9,11-13H,4-8,10H2,1-3H3,(H,17,18,19). The summed E-state index contributed by atoms with van der Waals surface area (Å²) >= 11 is 0. The summed E-state index contributed by atoms with van der Waals surface area (Å²) in [5.41, 5.74) is 0. The Morgan fingerprint density at radius 1 is 1.20 bits per heavy atom. The molecule has 4 nitrogen and oxygen atoms in total. The van der Waals surface area contributed by atoms with Crippen molar-refractivity contribution in [2.24, 2.45) is 11.8 Å². The molecule has 2 aliphatic rings. The molecule has 1 saturated carbocycles. The van der Waals surface area contributed by atoms with Crippen LogP contribution in [-0.2, 0) is 0 Å². The minimum absolute atomic E-state index is 0.605. The van der Waals surface area contributed by atoms with Crippen LogP contribution in [0, 0.1) is 11.8 Å². The molecule has 2 fully saturated rings. The fraction of sp³-hybridized carbons (Fsp3) is 0.750. The summed E-state index contributed by atoms with van der Waals surface area (Å²) in [5, 5.41) is 3.35. The maximum Gasteiger partial charge on any atom is 0.136 e. The summed E-state index contributed by atoms with van der Waals surface area (Å²) in [6, 6.07) is 2.12. The average molecular weight is 274 g/mol. The highest BCUT2D eigenvalue weighted by Crippen LogP contribution is 2.39. The van der Waals surface area contributed by atoms with Crippen molar-refractivity contribution in [3.63, 3.8) is 0 Å². The van der Waals surface area contributed by atoms with Crippen molar-refractivity contribution in [3.8, 4) is 0 Å². The van der Waals surface area contributed by atoms with Gasteiger partial charge in [-0.15, -0.1) is 0 Å². The molecule has 1 N–H and O–H groups in total. The van der Waals surface area contributed by atoms with Crippen molar-refractivity contribution < 1.29 is 0 Å². The van der Waals surface area contributed by atoms with E-state index in [0.29, 0.717) is 5.92 Å². The van der Waals surface area contributed by atoms with E-state index in [1.54, 1.807) is 0 Å². The zero-order valence-electron chi connectivity index (χ0n) is 12.9. The molecule has 1 aliphatic heterocycles. The maximum absolute atomic E-state index is 4.84. The smallest absolute Gasteiger partial charge is 0.136 e. The van der Waals surface area contributed by atoms with Crippen LogP contribution in [-0.4, -0.2) is 29.6 Å². The first-order valence-electron chi connectivity index (χ1n) is 8.05. The normalized spacial score (nSPS) is 26.6. The number of rotatable bonds is 4. The van der Waals surface area contributed by atoms with Gasteiger partial charge in [-0.3, -0.25) is 0 Å². The predicted octanol–water partition coefficient (Wildman–Crippen LogP) is 3.27. The first kappa shape index (κ1) is 13.7. The molecule has 2 atom stereocenters. The number of nitrogens with one attached hydrogen (secondary N) is 1. The van der Waals surface area contributed by atoms with Crippen LogP contribution in [0.25, 0.3) is 0 Å². The summed E-state index contributed by atoms with van der Waals surface area (Å²) in [6.45, 7) is 9.98. The van der Waals surface area contributed by atoms with Crippen LogP contribution in [0.15, 0.2) is 6.07 Å². The largest absolute Gasteiger partial charge is 0.370 e. The van der Waals surface area contributed by atoms with Gasteiger partial charge in [-0.1, -0.05) is 13.8 Å². The molecule has 20 heavy (non-hydrogen) atoms. The zero-order chi connectivity index (χ0) is 14.1. The summed E-state index contributed by atoms with van der Waals surface area (Å²) in [5.74, 6) is 5.33. The van der Waals surface area contributed by atoms with Gasteiger partial charge in [0.25, 0.3) is 0 Å². The number of aromatic nitrogens is 2. The Morgan fingerprint density at radius 3 is 2.65 bits per heavy atom. The molecule has 1 aromatic rings. The van der Waals surface area contributed by atoms with E-state index in [9.17, 15) is 0 Å². The minimum atomic E-state index is 0.605. The first-order chi connectivity index (χ1) is 9.67. The van der Waals surface area contributed by atoms with Gasteiger partial charge in [-0.25, -0.2) is 9.97 Å². The highest BCUT2D eigenvalue weighted by molar-refractivity contribution is 5.50. The average Bonchev–Trinajstić information content (AvgIpc) is 3.26. The number of hydrogen-bond acceptors (Lipinski definition) is 4. The summed E-state index contributed by atoms with van der Waals surface area (Å²) in [4.78, 5) is 11.9. The van der Waals surface area contributed by atoms with Gasteiger partial charge >= 0.3 is 0 Å². The van der Waals surface area contributed by atoms with E-state index in [1.165, 1.54) is 19.3 Å². The Morgan fingerprint density at radius 2 is 2.00 bits per heavy atom. The monoisotopic (exact) mass is 274 g/mol. The van der Waals surface area contributed by atoms with Gasteiger partial charge in [0.05, 0.1) is 0 Å². The van der Waals surface area contributed by atoms with Crippen molar-refractivity contribution in [1.29, 1.82) is 0 Å².